The molecule has 2 heterocycles. The van der Waals surface area contributed by atoms with E-state index < -0.39 is 0 Å². The monoisotopic (exact) mass is 217 g/mol. The summed E-state index contributed by atoms with van der Waals surface area (Å²) in [6.07, 6.45) is 3.62. The topological polar surface area (TPSA) is 55.6 Å². The Bertz CT molecular complexity index is 475. The van der Waals surface area contributed by atoms with Crippen molar-refractivity contribution < 1.29 is 0 Å². The number of nitrogens with zero attached hydrogens (tertiary/aromatic N) is 4. The van der Waals surface area contributed by atoms with Crippen molar-refractivity contribution in [2.45, 2.75) is 20.8 Å². The quantitative estimate of drug-likeness (QED) is 0.850. The third kappa shape index (κ3) is 1.88. The van der Waals surface area contributed by atoms with Crippen LogP contribution in [0.1, 0.15) is 18.3 Å². The highest BCUT2D eigenvalue weighted by atomic mass is 15.3. The molecule has 5 heteroatoms. The average Bonchev–Trinajstić information content (AvgIpc) is 2.76. The summed E-state index contributed by atoms with van der Waals surface area (Å²) in [4.78, 5) is 8.78. The van der Waals surface area contributed by atoms with Gasteiger partial charge in [0.05, 0.1) is 0 Å². The van der Waals surface area contributed by atoms with Crippen molar-refractivity contribution in [2.24, 2.45) is 0 Å². The molecule has 0 fully saturated rings. The van der Waals surface area contributed by atoms with Gasteiger partial charge in [-0.2, -0.15) is 5.10 Å². The third-order valence-corrected chi connectivity index (χ3v) is 2.30. The predicted octanol–water partition coefficient (Wildman–Crippen LogP) is 1.71. The van der Waals surface area contributed by atoms with Gasteiger partial charge in [0.1, 0.15) is 11.6 Å². The van der Waals surface area contributed by atoms with Gasteiger partial charge >= 0.3 is 0 Å². The molecule has 0 bridgehead atoms. The number of rotatable bonds is 3. The van der Waals surface area contributed by atoms with Crippen LogP contribution in [0.25, 0.3) is 5.82 Å². The first-order valence-electron chi connectivity index (χ1n) is 5.31. The molecule has 0 radical (unpaired) electrons. The Kier molecular flexibility index (Phi) is 2.85. The summed E-state index contributed by atoms with van der Waals surface area (Å²) in [5.74, 6) is 2.45. The third-order valence-electron chi connectivity index (χ3n) is 2.30. The smallest absolute Gasteiger partial charge is 0.162 e. The van der Waals surface area contributed by atoms with E-state index in [0.717, 1.165) is 29.6 Å². The van der Waals surface area contributed by atoms with Crippen LogP contribution in [0.15, 0.2) is 18.5 Å². The van der Waals surface area contributed by atoms with Crippen molar-refractivity contribution in [2.75, 3.05) is 11.9 Å². The van der Waals surface area contributed by atoms with Gasteiger partial charge in [-0.3, -0.25) is 0 Å². The van der Waals surface area contributed by atoms with Crippen LogP contribution in [0.5, 0.6) is 0 Å². The first-order valence-corrected chi connectivity index (χ1v) is 5.31. The van der Waals surface area contributed by atoms with Gasteiger partial charge in [0.25, 0.3) is 0 Å². The molecule has 2 aromatic heterocycles. The van der Waals surface area contributed by atoms with Crippen molar-refractivity contribution in [1.29, 1.82) is 0 Å². The van der Waals surface area contributed by atoms with E-state index >= 15 is 0 Å². The van der Waals surface area contributed by atoms with Gasteiger partial charge in [-0.15, -0.1) is 0 Å². The van der Waals surface area contributed by atoms with Crippen molar-refractivity contribution in [3.63, 3.8) is 0 Å². The molecule has 2 rings (SSSR count). The number of anilines is 1. The van der Waals surface area contributed by atoms with Crippen molar-refractivity contribution >= 4 is 5.82 Å². The molecule has 0 saturated heterocycles. The van der Waals surface area contributed by atoms with Crippen molar-refractivity contribution in [1.82, 2.24) is 19.7 Å². The van der Waals surface area contributed by atoms with E-state index in [1.54, 1.807) is 10.9 Å². The highest BCUT2D eigenvalue weighted by Gasteiger charge is 2.09. The molecule has 2 aromatic rings. The zero-order valence-corrected chi connectivity index (χ0v) is 9.73. The van der Waals surface area contributed by atoms with Gasteiger partial charge in [-0.1, -0.05) is 0 Å². The maximum Gasteiger partial charge on any atom is 0.162 e. The SMILES string of the molecule is CCNc1nc(C)nc(-n2cccn2)c1C. The Balaban J connectivity index is 2.53. The Hall–Kier alpha value is -1.91. The van der Waals surface area contributed by atoms with Gasteiger partial charge in [0.15, 0.2) is 5.82 Å². The van der Waals surface area contributed by atoms with E-state index in [4.69, 9.17) is 0 Å². The molecule has 0 aliphatic rings. The Morgan fingerprint density at radius 1 is 1.31 bits per heavy atom. The second-order valence-corrected chi connectivity index (χ2v) is 3.55. The van der Waals surface area contributed by atoms with E-state index in [9.17, 15) is 0 Å². The van der Waals surface area contributed by atoms with Crippen LogP contribution in [0.3, 0.4) is 0 Å². The maximum atomic E-state index is 4.41. The predicted molar refractivity (Wildman–Crippen MR) is 62.8 cm³/mol. The number of nitrogens with one attached hydrogen (secondary N) is 1. The second kappa shape index (κ2) is 4.30. The van der Waals surface area contributed by atoms with Crippen LogP contribution in [0.4, 0.5) is 5.82 Å². The molecule has 84 valence electrons. The molecule has 0 unspecified atom stereocenters. The van der Waals surface area contributed by atoms with Crippen molar-refractivity contribution in [3.8, 4) is 5.82 Å². The second-order valence-electron chi connectivity index (χ2n) is 3.55. The minimum Gasteiger partial charge on any atom is -0.370 e. The van der Waals surface area contributed by atoms with Crippen LogP contribution in [-0.2, 0) is 0 Å². The van der Waals surface area contributed by atoms with Crippen LogP contribution in [-0.4, -0.2) is 26.3 Å². The standard InChI is InChI=1S/C11H15N5/c1-4-12-10-8(2)11(15-9(3)14-10)16-7-5-6-13-16/h5-7H,4H2,1-3H3,(H,12,14,15). The fraction of sp³-hybridized carbons (Fsp3) is 0.364. The zero-order chi connectivity index (χ0) is 11.5. The Labute approximate surface area is 94.5 Å². The Morgan fingerprint density at radius 2 is 2.12 bits per heavy atom. The zero-order valence-electron chi connectivity index (χ0n) is 9.73. The van der Waals surface area contributed by atoms with Gasteiger partial charge < -0.3 is 5.32 Å². The number of hydrogen-bond donors (Lipinski definition) is 1. The van der Waals surface area contributed by atoms with E-state index in [1.807, 2.05) is 33.0 Å². The van der Waals surface area contributed by atoms with Crippen LogP contribution >= 0.6 is 0 Å². The molecule has 5 nitrogen and oxygen atoms in total. The molecular weight excluding hydrogens is 202 g/mol. The van der Waals surface area contributed by atoms with E-state index in [-0.39, 0.29) is 0 Å². The molecule has 16 heavy (non-hydrogen) atoms. The van der Waals surface area contributed by atoms with Gasteiger partial charge in [0.2, 0.25) is 0 Å². The van der Waals surface area contributed by atoms with Crippen LogP contribution < -0.4 is 5.32 Å². The summed E-state index contributed by atoms with van der Waals surface area (Å²) >= 11 is 0. The van der Waals surface area contributed by atoms with Gasteiger partial charge in [-0.25, -0.2) is 14.6 Å². The first-order chi connectivity index (χ1) is 7.72. The van der Waals surface area contributed by atoms with Crippen LogP contribution in [0.2, 0.25) is 0 Å². The van der Waals surface area contributed by atoms with E-state index in [2.05, 4.69) is 20.4 Å². The summed E-state index contributed by atoms with van der Waals surface area (Å²) in [6, 6.07) is 1.88. The number of hydrogen-bond acceptors (Lipinski definition) is 4. The van der Waals surface area contributed by atoms with Crippen molar-refractivity contribution in [3.05, 3.63) is 29.8 Å². The highest BCUT2D eigenvalue weighted by molar-refractivity contribution is 5.51. The number of aromatic nitrogens is 4. The summed E-state index contributed by atoms with van der Waals surface area (Å²) < 4.78 is 1.75. The molecule has 0 aliphatic heterocycles. The Morgan fingerprint density at radius 3 is 2.75 bits per heavy atom. The van der Waals surface area contributed by atoms with Gasteiger partial charge in [-0.05, 0) is 26.8 Å². The minimum atomic E-state index is 0.743. The number of aryl methyl sites for hydroxylation is 1. The normalized spacial score (nSPS) is 10.4. The largest absolute Gasteiger partial charge is 0.370 e. The molecule has 0 spiro atoms. The summed E-state index contributed by atoms with van der Waals surface area (Å²) in [5.41, 5.74) is 1.01. The molecule has 0 aromatic carbocycles. The lowest BCUT2D eigenvalue weighted by atomic mass is 10.3. The maximum absolute atomic E-state index is 4.41. The first kappa shape index (κ1) is 10.6. The van der Waals surface area contributed by atoms with E-state index in [1.165, 1.54) is 0 Å². The minimum absolute atomic E-state index is 0.743. The summed E-state index contributed by atoms with van der Waals surface area (Å²) in [6.45, 7) is 6.77. The summed E-state index contributed by atoms with van der Waals surface area (Å²) in [7, 11) is 0. The molecule has 0 aliphatic carbocycles. The molecular formula is C11H15N5. The lowest BCUT2D eigenvalue weighted by Crippen LogP contribution is -2.09. The van der Waals surface area contributed by atoms with Gasteiger partial charge in [0, 0.05) is 24.5 Å². The highest BCUT2D eigenvalue weighted by Crippen LogP contribution is 2.17. The molecule has 1 N–H and O–H groups in total. The molecule has 0 atom stereocenters. The lowest BCUT2D eigenvalue weighted by Gasteiger charge is -2.11. The van der Waals surface area contributed by atoms with E-state index in [0.29, 0.717) is 0 Å². The molecule has 0 saturated carbocycles. The fourth-order valence-corrected chi connectivity index (χ4v) is 1.57. The fourth-order valence-electron chi connectivity index (χ4n) is 1.57. The lowest BCUT2D eigenvalue weighted by molar-refractivity contribution is 0.818. The molecule has 0 amide bonds. The summed E-state index contributed by atoms with van der Waals surface area (Å²) in [5, 5.41) is 7.42. The van der Waals surface area contributed by atoms with Crippen LogP contribution in [0, 0.1) is 13.8 Å². The average molecular weight is 217 g/mol.